The fraction of sp³-hybridized carbons (Fsp3) is 0.167. The van der Waals surface area contributed by atoms with Crippen LogP contribution >= 0.6 is 0 Å². The molecule has 3 amide bonds. The zero-order valence-corrected chi connectivity index (χ0v) is 13.6. The minimum Gasteiger partial charge on any atom is -0.345 e. The molecule has 2 rings (SSSR count). The number of carbonyl (C=O) groups is 3. The van der Waals surface area contributed by atoms with Gasteiger partial charge in [-0.1, -0.05) is 24.3 Å². The lowest BCUT2D eigenvalue weighted by atomic mass is 10.2. The summed E-state index contributed by atoms with van der Waals surface area (Å²) in [4.78, 5) is 37.2. The van der Waals surface area contributed by atoms with E-state index in [9.17, 15) is 14.4 Å². The Bertz CT molecular complexity index is 742. The molecule has 0 unspecified atom stereocenters. The van der Waals surface area contributed by atoms with Crippen LogP contribution in [0.2, 0.25) is 0 Å². The highest BCUT2D eigenvalue weighted by molar-refractivity contribution is 6.00. The summed E-state index contributed by atoms with van der Waals surface area (Å²) >= 11 is 0. The molecule has 6 heteroatoms. The molecule has 0 radical (unpaired) electrons. The van der Waals surface area contributed by atoms with Crippen molar-refractivity contribution in [2.75, 3.05) is 26.0 Å². The maximum atomic E-state index is 11.9. The van der Waals surface area contributed by atoms with E-state index < -0.39 is 0 Å². The van der Waals surface area contributed by atoms with Crippen LogP contribution in [-0.4, -0.2) is 43.3 Å². The Morgan fingerprint density at radius 3 is 2.25 bits per heavy atom. The molecule has 0 atom stereocenters. The van der Waals surface area contributed by atoms with Gasteiger partial charge in [-0.3, -0.25) is 14.4 Å². The second-order valence-electron chi connectivity index (χ2n) is 5.38. The van der Waals surface area contributed by atoms with Crippen molar-refractivity contribution in [3.63, 3.8) is 0 Å². The Morgan fingerprint density at radius 2 is 1.58 bits per heavy atom. The van der Waals surface area contributed by atoms with Crippen molar-refractivity contribution in [1.29, 1.82) is 0 Å². The van der Waals surface area contributed by atoms with Crippen LogP contribution in [0.1, 0.15) is 20.7 Å². The van der Waals surface area contributed by atoms with E-state index in [1.54, 1.807) is 62.6 Å². The van der Waals surface area contributed by atoms with Crippen molar-refractivity contribution in [2.24, 2.45) is 0 Å². The van der Waals surface area contributed by atoms with E-state index in [1.165, 1.54) is 4.90 Å². The summed E-state index contributed by atoms with van der Waals surface area (Å²) in [7, 11) is 3.32. The summed E-state index contributed by atoms with van der Waals surface area (Å²) in [5, 5.41) is 5.21. The largest absolute Gasteiger partial charge is 0.345 e. The number of amides is 3. The van der Waals surface area contributed by atoms with Gasteiger partial charge in [0.05, 0.1) is 6.54 Å². The SMILES string of the molecule is CN(C)C(=O)c1cccc(NC(=O)CNC(=O)c2ccccc2)c1. The van der Waals surface area contributed by atoms with Gasteiger partial charge in [0.2, 0.25) is 5.91 Å². The van der Waals surface area contributed by atoms with E-state index in [2.05, 4.69) is 10.6 Å². The van der Waals surface area contributed by atoms with Crippen LogP contribution in [0, 0.1) is 0 Å². The quantitative estimate of drug-likeness (QED) is 0.879. The fourth-order valence-corrected chi connectivity index (χ4v) is 2.05. The summed E-state index contributed by atoms with van der Waals surface area (Å²) in [6, 6.07) is 15.3. The lowest BCUT2D eigenvalue weighted by Crippen LogP contribution is -2.32. The minimum absolute atomic E-state index is 0.150. The highest BCUT2D eigenvalue weighted by Crippen LogP contribution is 2.11. The summed E-state index contributed by atoms with van der Waals surface area (Å²) in [5.74, 6) is -0.834. The molecule has 2 aromatic carbocycles. The van der Waals surface area contributed by atoms with Gasteiger partial charge in [0.1, 0.15) is 0 Å². The molecular formula is C18H19N3O3. The van der Waals surface area contributed by atoms with Gasteiger partial charge in [-0.25, -0.2) is 0 Å². The molecule has 24 heavy (non-hydrogen) atoms. The first-order chi connectivity index (χ1) is 11.5. The normalized spacial score (nSPS) is 9.92. The van der Waals surface area contributed by atoms with Gasteiger partial charge in [0, 0.05) is 30.9 Å². The van der Waals surface area contributed by atoms with Gasteiger partial charge < -0.3 is 15.5 Å². The van der Waals surface area contributed by atoms with E-state index >= 15 is 0 Å². The predicted octanol–water partition coefficient (Wildman–Crippen LogP) is 1.76. The maximum Gasteiger partial charge on any atom is 0.253 e. The van der Waals surface area contributed by atoms with Gasteiger partial charge in [0.15, 0.2) is 0 Å². The average Bonchev–Trinajstić information content (AvgIpc) is 2.60. The minimum atomic E-state index is -0.367. The summed E-state index contributed by atoms with van der Waals surface area (Å²) in [6.07, 6.45) is 0. The van der Waals surface area contributed by atoms with Gasteiger partial charge in [0.25, 0.3) is 11.8 Å². The standard InChI is InChI=1S/C18H19N3O3/c1-21(2)18(24)14-9-6-10-15(11-14)20-16(22)12-19-17(23)13-7-4-3-5-8-13/h3-11H,12H2,1-2H3,(H,19,23)(H,20,22). The van der Waals surface area contributed by atoms with Crippen LogP contribution in [-0.2, 0) is 4.79 Å². The molecule has 2 N–H and O–H groups in total. The van der Waals surface area contributed by atoms with Crippen LogP contribution in [0.5, 0.6) is 0 Å². The third-order valence-electron chi connectivity index (χ3n) is 3.24. The van der Waals surface area contributed by atoms with Crippen molar-refractivity contribution in [1.82, 2.24) is 10.2 Å². The Hall–Kier alpha value is -3.15. The third kappa shape index (κ3) is 4.67. The molecule has 0 aliphatic rings. The number of anilines is 1. The molecule has 0 fully saturated rings. The van der Waals surface area contributed by atoms with Gasteiger partial charge >= 0.3 is 0 Å². The van der Waals surface area contributed by atoms with Crippen LogP contribution < -0.4 is 10.6 Å². The lowest BCUT2D eigenvalue weighted by Gasteiger charge is -2.12. The zero-order chi connectivity index (χ0) is 17.5. The van der Waals surface area contributed by atoms with Gasteiger partial charge in [-0.05, 0) is 30.3 Å². The van der Waals surface area contributed by atoms with Crippen molar-refractivity contribution >= 4 is 23.4 Å². The first kappa shape index (κ1) is 17.2. The van der Waals surface area contributed by atoms with Crippen LogP contribution in [0.25, 0.3) is 0 Å². The summed E-state index contributed by atoms with van der Waals surface area (Å²) in [6.45, 7) is -0.153. The molecule has 0 aliphatic carbocycles. The molecule has 0 aliphatic heterocycles. The molecule has 2 aromatic rings. The predicted molar refractivity (Wildman–Crippen MR) is 91.9 cm³/mol. The van der Waals surface area contributed by atoms with Crippen molar-refractivity contribution in [3.05, 3.63) is 65.7 Å². The number of nitrogens with zero attached hydrogens (tertiary/aromatic N) is 1. The van der Waals surface area contributed by atoms with Gasteiger partial charge in [-0.15, -0.1) is 0 Å². The second-order valence-corrected chi connectivity index (χ2v) is 5.38. The van der Waals surface area contributed by atoms with Crippen molar-refractivity contribution in [2.45, 2.75) is 0 Å². The van der Waals surface area contributed by atoms with E-state index in [1.807, 2.05) is 6.07 Å². The molecule has 0 aromatic heterocycles. The Balaban J connectivity index is 1.92. The molecule has 0 heterocycles. The highest BCUT2D eigenvalue weighted by Gasteiger charge is 2.10. The molecule has 0 saturated heterocycles. The summed E-state index contributed by atoms with van der Waals surface area (Å²) in [5.41, 5.74) is 1.47. The first-order valence-electron chi connectivity index (χ1n) is 7.42. The molecule has 0 spiro atoms. The number of rotatable bonds is 5. The van der Waals surface area contributed by atoms with Gasteiger partial charge in [-0.2, -0.15) is 0 Å². The number of benzene rings is 2. The monoisotopic (exact) mass is 325 g/mol. The van der Waals surface area contributed by atoms with Crippen molar-refractivity contribution < 1.29 is 14.4 Å². The first-order valence-corrected chi connectivity index (χ1v) is 7.42. The highest BCUT2D eigenvalue weighted by atomic mass is 16.2. The average molecular weight is 325 g/mol. The Labute approximate surface area is 140 Å². The third-order valence-corrected chi connectivity index (χ3v) is 3.24. The number of hydrogen-bond acceptors (Lipinski definition) is 3. The topological polar surface area (TPSA) is 78.5 Å². The zero-order valence-electron chi connectivity index (χ0n) is 13.6. The van der Waals surface area contributed by atoms with E-state index in [0.29, 0.717) is 16.8 Å². The van der Waals surface area contributed by atoms with Crippen LogP contribution in [0.4, 0.5) is 5.69 Å². The molecule has 0 bridgehead atoms. The lowest BCUT2D eigenvalue weighted by molar-refractivity contribution is -0.115. The molecule has 124 valence electrons. The smallest absolute Gasteiger partial charge is 0.253 e. The van der Waals surface area contributed by atoms with E-state index in [0.717, 1.165) is 0 Å². The number of carbonyl (C=O) groups excluding carboxylic acids is 3. The van der Waals surface area contributed by atoms with E-state index in [4.69, 9.17) is 0 Å². The Kier molecular flexibility index (Phi) is 5.68. The number of nitrogens with one attached hydrogen (secondary N) is 2. The van der Waals surface area contributed by atoms with Crippen LogP contribution in [0.15, 0.2) is 54.6 Å². The van der Waals surface area contributed by atoms with Crippen molar-refractivity contribution in [3.8, 4) is 0 Å². The molecule has 6 nitrogen and oxygen atoms in total. The molecule has 0 saturated carbocycles. The van der Waals surface area contributed by atoms with Crippen LogP contribution in [0.3, 0.4) is 0 Å². The number of hydrogen-bond donors (Lipinski definition) is 2. The summed E-state index contributed by atoms with van der Waals surface area (Å²) < 4.78 is 0. The maximum absolute atomic E-state index is 11.9. The van der Waals surface area contributed by atoms with E-state index in [-0.39, 0.29) is 24.3 Å². The second kappa shape index (κ2) is 7.92. The Morgan fingerprint density at radius 1 is 0.917 bits per heavy atom. The molecular weight excluding hydrogens is 306 g/mol. The fourth-order valence-electron chi connectivity index (χ4n) is 2.05.